The van der Waals surface area contributed by atoms with Crippen molar-refractivity contribution in [3.8, 4) is 0 Å². The maximum absolute atomic E-state index is 13.3. The van der Waals surface area contributed by atoms with Gasteiger partial charge < -0.3 is 4.74 Å². The molecule has 3 rings (SSSR count). The van der Waals surface area contributed by atoms with E-state index in [-0.39, 0.29) is 33.9 Å². The second-order valence-corrected chi connectivity index (χ2v) is 5.33. The zero-order valence-corrected chi connectivity index (χ0v) is 13.4. The third kappa shape index (κ3) is 2.33. The van der Waals surface area contributed by atoms with Gasteiger partial charge in [-0.1, -0.05) is 11.3 Å². The third-order valence-electron chi connectivity index (χ3n) is 3.52. The lowest BCUT2D eigenvalue weighted by Gasteiger charge is -2.13. The first-order chi connectivity index (χ1) is 11.3. The quantitative estimate of drug-likeness (QED) is 0.660. The van der Waals surface area contributed by atoms with E-state index in [1.165, 1.54) is 19.2 Å². The van der Waals surface area contributed by atoms with E-state index in [0.29, 0.717) is 0 Å². The van der Waals surface area contributed by atoms with E-state index in [1.54, 1.807) is 6.92 Å². The third-order valence-corrected chi connectivity index (χ3v) is 3.83. The summed E-state index contributed by atoms with van der Waals surface area (Å²) in [6, 6.07) is 3.39. The first-order valence-corrected chi connectivity index (χ1v) is 7.29. The van der Waals surface area contributed by atoms with Crippen molar-refractivity contribution in [2.24, 2.45) is 7.05 Å². The molecule has 0 aliphatic carbocycles. The Morgan fingerprint density at radius 2 is 2.08 bits per heavy atom. The van der Waals surface area contributed by atoms with Crippen LogP contribution >= 0.6 is 12.2 Å². The van der Waals surface area contributed by atoms with Gasteiger partial charge in [-0.25, -0.2) is 0 Å². The number of hydrogen-bond donors (Lipinski definition) is 0. The molecule has 0 aliphatic rings. The van der Waals surface area contributed by atoms with Crippen LogP contribution in [0.3, 0.4) is 0 Å². The number of aryl methyl sites for hydroxylation is 1. The van der Waals surface area contributed by atoms with Gasteiger partial charge in [0.1, 0.15) is 0 Å². The minimum absolute atomic E-state index is 0.0358. The molecule has 24 heavy (non-hydrogen) atoms. The molecule has 0 N–H and O–H groups in total. The van der Waals surface area contributed by atoms with Crippen molar-refractivity contribution in [3.05, 3.63) is 39.8 Å². The van der Waals surface area contributed by atoms with E-state index >= 15 is 0 Å². The number of fused-ring (bicyclic) bond motifs is 3. The number of benzene rings is 1. The lowest BCUT2D eigenvalue weighted by Crippen LogP contribution is -2.23. The van der Waals surface area contributed by atoms with Crippen LogP contribution < -0.4 is 5.56 Å². The Balaban J connectivity index is 2.52. The summed E-state index contributed by atoms with van der Waals surface area (Å²) >= 11 is 5.06. The normalized spacial score (nSPS) is 12.0. The molecule has 0 fully saturated rings. The molecule has 2 heterocycles. The van der Waals surface area contributed by atoms with Crippen LogP contribution in [-0.4, -0.2) is 31.1 Å². The summed E-state index contributed by atoms with van der Waals surface area (Å²) in [5.41, 5.74) is -1.85. The average Bonchev–Trinajstić information content (AvgIpc) is 2.96. The fourth-order valence-electron chi connectivity index (χ4n) is 2.51. The smallest absolute Gasteiger partial charge is 0.418 e. The van der Waals surface area contributed by atoms with Crippen molar-refractivity contribution in [3.63, 3.8) is 0 Å². The van der Waals surface area contributed by atoms with Crippen molar-refractivity contribution >= 4 is 33.8 Å². The molecule has 0 unspecified atom stereocenters. The minimum Gasteiger partial charge on any atom is -0.482 e. The van der Waals surface area contributed by atoms with Crippen LogP contribution in [0.25, 0.3) is 16.6 Å². The zero-order chi connectivity index (χ0) is 17.6. The molecule has 10 heteroatoms. The minimum atomic E-state index is -4.65. The number of halogens is 3. The van der Waals surface area contributed by atoms with E-state index in [9.17, 15) is 18.0 Å². The van der Waals surface area contributed by atoms with Gasteiger partial charge in [0.15, 0.2) is 11.3 Å². The second-order valence-electron chi connectivity index (χ2n) is 4.96. The number of alkyl halides is 3. The van der Waals surface area contributed by atoms with Crippen molar-refractivity contribution < 1.29 is 17.9 Å². The van der Waals surface area contributed by atoms with Gasteiger partial charge in [-0.15, -0.1) is 5.10 Å². The first-order valence-electron chi connectivity index (χ1n) is 6.88. The molecular formula is C14H11F3N4O2S. The summed E-state index contributed by atoms with van der Waals surface area (Å²) in [6.07, 6.45) is -4.65. The van der Waals surface area contributed by atoms with Gasteiger partial charge in [0.2, 0.25) is 5.05 Å². The summed E-state index contributed by atoms with van der Waals surface area (Å²) in [5.74, 6) is 0. The van der Waals surface area contributed by atoms with E-state index in [4.69, 9.17) is 17.0 Å². The van der Waals surface area contributed by atoms with Crippen LogP contribution in [0.15, 0.2) is 23.0 Å². The van der Waals surface area contributed by atoms with Crippen molar-refractivity contribution in [2.75, 3.05) is 6.61 Å². The van der Waals surface area contributed by atoms with Gasteiger partial charge in [-0.3, -0.25) is 9.36 Å². The highest BCUT2D eigenvalue weighted by atomic mass is 32.1. The van der Waals surface area contributed by atoms with Gasteiger partial charge >= 0.3 is 6.18 Å². The monoisotopic (exact) mass is 356 g/mol. The number of rotatable bonds is 2. The molecule has 0 radical (unpaired) electrons. The SMILES string of the molecule is CCOC(=S)c1nnn2c3c(C(F)(F)F)cccc3c(=O)n(C)c12. The molecule has 0 saturated carbocycles. The molecule has 0 spiro atoms. The van der Waals surface area contributed by atoms with E-state index < -0.39 is 17.3 Å². The molecule has 2 aromatic heterocycles. The van der Waals surface area contributed by atoms with E-state index in [2.05, 4.69) is 10.3 Å². The van der Waals surface area contributed by atoms with Gasteiger partial charge in [0, 0.05) is 7.05 Å². The maximum Gasteiger partial charge on any atom is 0.418 e. The van der Waals surface area contributed by atoms with Crippen LogP contribution in [0.5, 0.6) is 0 Å². The number of nitrogens with zero attached hydrogens (tertiary/aromatic N) is 4. The zero-order valence-electron chi connectivity index (χ0n) is 12.6. The summed E-state index contributed by atoms with van der Waals surface area (Å²) in [4.78, 5) is 12.5. The summed E-state index contributed by atoms with van der Waals surface area (Å²) in [6.45, 7) is 1.96. The lowest BCUT2D eigenvalue weighted by molar-refractivity contribution is -0.136. The first kappa shape index (κ1) is 16.4. The Morgan fingerprint density at radius 1 is 1.38 bits per heavy atom. The van der Waals surface area contributed by atoms with Crippen LogP contribution in [0.4, 0.5) is 13.2 Å². The standard InChI is InChI=1S/C14H11F3N4O2S/c1-3-23-13(24)9-11-20(2)12(22)7-5-4-6-8(14(15,16)17)10(7)21(11)19-18-9/h4-6H,3H2,1-2H3. The van der Waals surface area contributed by atoms with Gasteiger partial charge in [0.25, 0.3) is 5.56 Å². The van der Waals surface area contributed by atoms with Crippen LogP contribution in [0.1, 0.15) is 18.2 Å². The van der Waals surface area contributed by atoms with Gasteiger partial charge in [0.05, 0.1) is 23.1 Å². The van der Waals surface area contributed by atoms with Crippen molar-refractivity contribution in [1.82, 2.24) is 19.4 Å². The largest absolute Gasteiger partial charge is 0.482 e. The maximum atomic E-state index is 13.3. The Morgan fingerprint density at radius 3 is 2.71 bits per heavy atom. The van der Waals surface area contributed by atoms with Crippen LogP contribution in [0.2, 0.25) is 0 Å². The molecule has 0 amide bonds. The second kappa shape index (κ2) is 5.55. The number of aromatic nitrogens is 4. The lowest BCUT2D eigenvalue weighted by atomic mass is 10.1. The van der Waals surface area contributed by atoms with E-state index in [1.807, 2.05) is 0 Å². The highest BCUT2D eigenvalue weighted by Gasteiger charge is 2.35. The summed E-state index contributed by atoms with van der Waals surface area (Å²) in [5, 5.41) is 7.43. The van der Waals surface area contributed by atoms with Crippen LogP contribution in [0, 0.1) is 0 Å². The fraction of sp³-hybridized carbons (Fsp3) is 0.286. The van der Waals surface area contributed by atoms with E-state index in [0.717, 1.165) is 15.1 Å². The van der Waals surface area contributed by atoms with Gasteiger partial charge in [-0.2, -0.15) is 17.7 Å². The predicted molar refractivity (Wildman–Crippen MR) is 84.1 cm³/mol. The van der Waals surface area contributed by atoms with Crippen molar-refractivity contribution in [1.29, 1.82) is 0 Å². The topological polar surface area (TPSA) is 61.4 Å². The number of ether oxygens (including phenoxy) is 1. The summed E-state index contributed by atoms with van der Waals surface area (Å²) in [7, 11) is 1.42. The molecular weight excluding hydrogens is 345 g/mol. The number of para-hydroxylation sites is 1. The highest BCUT2D eigenvalue weighted by molar-refractivity contribution is 7.80. The van der Waals surface area contributed by atoms with Gasteiger partial charge in [-0.05, 0) is 31.3 Å². The molecule has 126 valence electrons. The molecule has 0 saturated heterocycles. The number of hydrogen-bond acceptors (Lipinski definition) is 5. The predicted octanol–water partition coefficient (Wildman–Crippen LogP) is 2.31. The molecule has 1 aromatic carbocycles. The highest BCUT2D eigenvalue weighted by Crippen LogP contribution is 2.34. The average molecular weight is 356 g/mol. The fourth-order valence-corrected chi connectivity index (χ4v) is 2.76. The Bertz CT molecular complexity index is 1020. The molecule has 3 aromatic rings. The Labute approximate surface area is 138 Å². The molecule has 0 atom stereocenters. The van der Waals surface area contributed by atoms with Crippen LogP contribution in [-0.2, 0) is 18.0 Å². The van der Waals surface area contributed by atoms with Crippen molar-refractivity contribution in [2.45, 2.75) is 13.1 Å². The Hall–Kier alpha value is -2.49. The Kier molecular flexibility index (Phi) is 3.78. The summed E-state index contributed by atoms with van der Waals surface area (Å²) < 4.78 is 47.3. The molecule has 0 aliphatic heterocycles. The number of thiocarbonyl (C=S) groups is 1. The molecule has 6 nitrogen and oxygen atoms in total. The molecule has 0 bridgehead atoms.